The van der Waals surface area contributed by atoms with E-state index in [-0.39, 0.29) is 22.9 Å². The molecule has 4 nitrogen and oxygen atoms in total. The lowest BCUT2D eigenvalue weighted by atomic mass is 10.0. The van der Waals surface area contributed by atoms with Gasteiger partial charge in [-0.1, -0.05) is 29.8 Å². The van der Waals surface area contributed by atoms with Crippen LogP contribution in [-0.2, 0) is 11.2 Å². The van der Waals surface area contributed by atoms with E-state index in [2.05, 4.69) is 5.32 Å². The van der Waals surface area contributed by atoms with E-state index in [0.717, 1.165) is 16.9 Å². The first kappa shape index (κ1) is 19.7. The lowest BCUT2D eigenvalue weighted by Crippen LogP contribution is -2.15. The van der Waals surface area contributed by atoms with Crippen LogP contribution in [0.15, 0.2) is 60.7 Å². The second kappa shape index (κ2) is 8.76. The van der Waals surface area contributed by atoms with Crippen LogP contribution in [0.1, 0.15) is 5.56 Å². The molecule has 0 heterocycles. The van der Waals surface area contributed by atoms with E-state index in [1.54, 1.807) is 32.4 Å². The summed E-state index contributed by atoms with van der Waals surface area (Å²) in [5.74, 6) is 0.545. The predicted molar refractivity (Wildman–Crippen MR) is 109 cm³/mol. The maximum absolute atomic E-state index is 13.9. The molecule has 28 heavy (non-hydrogen) atoms. The molecule has 0 bridgehead atoms. The van der Waals surface area contributed by atoms with Crippen molar-refractivity contribution in [3.8, 4) is 22.6 Å². The van der Waals surface area contributed by atoms with Gasteiger partial charge < -0.3 is 14.8 Å². The van der Waals surface area contributed by atoms with Crippen molar-refractivity contribution >= 4 is 23.2 Å². The number of nitrogens with one attached hydrogen (secondary N) is 1. The van der Waals surface area contributed by atoms with E-state index >= 15 is 0 Å². The van der Waals surface area contributed by atoms with Gasteiger partial charge in [0.2, 0.25) is 5.91 Å². The van der Waals surface area contributed by atoms with Crippen molar-refractivity contribution in [3.63, 3.8) is 0 Å². The smallest absolute Gasteiger partial charge is 0.228 e. The van der Waals surface area contributed by atoms with E-state index in [1.807, 2.05) is 30.3 Å². The second-order valence-electron chi connectivity index (χ2n) is 6.07. The van der Waals surface area contributed by atoms with E-state index in [0.29, 0.717) is 11.4 Å². The third-order valence-electron chi connectivity index (χ3n) is 4.28. The first-order valence-corrected chi connectivity index (χ1v) is 8.95. The van der Waals surface area contributed by atoms with E-state index in [9.17, 15) is 9.18 Å². The van der Waals surface area contributed by atoms with Crippen molar-refractivity contribution in [3.05, 3.63) is 77.1 Å². The fraction of sp³-hybridized carbons (Fsp3) is 0.136. The Morgan fingerprint density at radius 1 is 1.04 bits per heavy atom. The summed E-state index contributed by atoms with van der Waals surface area (Å²) in [6, 6.07) is 17.2. The standard InChI is InChI=1S/C22H19ClFNO3/c1-27-16-9-6-14(7-10-16)17-12-15(8-11-21(17)28-2)25-22(26)13-18-19(23)4-3-5-20(18)24/h3-12H,13H2,1-2H3,(H,25,26). The van der Waals surface area contributed by atoms with Crippen LogP contribution in [0.3, 0.4) is 0 Å². The van der Waals surface area contributed by atoms with Crippen LogP contribution in [-0.4, -0.2) is 20.1 Å². The first-order valence-electron chi connectivity index (χ1n) is 8.57. The van der Waals surface area contributed by atoms with E-state index in [4.69, 9.17) is 21.1 Å². The molecular formula is C22H19ClFNO3. The number of carbonyl (C=O) groups excluding carboxylic acids is 1. The number of methoxy groups -OCH3 is 2. The Bertz CT molecular complexity index is 969. The molecule has 0 atom stereocenters. The first-order chi connectivity index (χ1) is 13.5. The molecule has 6 heteroatoms. The molecule has 1 amide bonds. The molecule has 1 N–H and O–H groups in total. The monoisotopic (exact) mass is 399 g/mol. The maximum Gasteiger partial charge on any atom is 0.228 e. The summed E-state index contributed by atoms with van der Waals surface area (Å²) in [6.07, 6.45) is -0.157. The van der Waals surface area contributed by atoms with Gasteiger partial charge in [0.1, 0.15) is 17.3 Å². The third kappa shape index (κ3) is 4.43. The highest BCUT2D eigenvalue weighted by molar-refractivity contribution is 6.31. The lowest BCUT2D eigenvalue weighted by Gasteiger charge is -2.13. The Hall–Kier alpha value is -3.05. The highest BCUT2D eigenvalue weighted by Gasteiger charge is 2.14. The normalized spacial score (nSPS) is 10.4. The molecule has 0 aliphatic carbocycles. The van der Waals surface area contributed by atoms with Crippen LogP contribution in [0.2, 0.25) is 5.02 Å². The number of carbonyl (C=O) groups is 1. The molecule has 3 aromatic carbocycles. The molecule has 0 radical (unpaired) electrons. The highest BCUT2D eigenvalue weighted by atomic mass is 35.5. The van der Waals surface area contributed by atoms with Gasteiger partial charge in [-0.2, -0.15) is 0 Å². The van der Waals surface area contributed by atoms with Crippen molar-refractivity contribution in [2.24, 2.45) is 0 Å². The van der Waals surface area contributed by atoms with Gasteiger partial charge in [-0.3, -0.25) is 4.79 Å². The van der Waals surface area contributed by atoms with Crippen LogP contribution < -0.4 is 14.8 Å². The Balaban J connectivity index is 1.83. The van der Waals surface area contributed by atoms with Gasteiger partial charge in [0.25, 0.3) is 0 Å². The van der Waals surface area contributed by atoms with Crippen LogP contribution in [0.5, 0.6) is 11.5 Å². The summed E-state index contributed by atoms with van der Waals surface area (Å²) in [5.41, 5.74) is 2.47. The summed E-state index contributed by atoms with van der Waals surface area (Å²) >= 11 is 6.00. The van der Waals surface area contributed by atoms with Crippen LogP contribution in [0, 0.1) is 5.82 Å². The zero-order valence-corrected chi connectivity index (χ0v) is 16.2. The summed E-state index contributed by atoms with van der Waals surface area (Å²) < 4.78 is 24.5. The highest BCUT2D eigenvalue weighted by Crippen LogP contribution is 2.33. The molecule has 0 unspecified atom stereocenters. The average Bonchev–Trinajstić information content (AvgIpc) is 2.71. The summed E-state index contributed by atoms with van der Waals surface area (Å²) in [4.78, 5) is 12.4. The van der Waals surface area contributed by atoms with E-state index in [1.165, 1.54) is 12.1 Å². The van der Waals surface area contributed by atoms with Crippen molar-refractivity contribution in [2.75, 3.05) is 19.5 Å². The van der Waals surface area contributed by atoms with Crippen LogP contribution in [0.4, 0.5) is 10.1 Å². The minimum atomic E-state index is -0.503. The van der Waals surface area contributed by atoms with Crippen molar-refractivity contribution in [2.45, 2.75) is 6.42 Å². The number of amides is 1. The molecule has 3 rings (SSSR count). The third-order valence-corrected chi connectivity index (χ3v) is 4.64. The molecule has 0 fully saturated rings. The molecule has 0 saturated heterocycles. The predicted octanol–water partition coefficient (Wildman–Crippen LogP) is 5.34. The zero-order valence-electron chi connectivity index (χ0n) is 15.5. The van der Waals surface area contributed by atoms with Gasteiger partial charge in [-0.25, -0.2) is 4.39 Å². The maximum atomic E-state index is 13.9. The minimum Gasteiger partial charge on any atom is -0.497 e. The number of halogens is 2. The average molecular weight is 400 g/mol. The van der Waals surface area contributed by atoms with Gasteiger partial charge in [0, 0.05) is 21.8 Å². The number of rotatable bonds is 6. The van der Waals surface area contributed by atoms with Gasteiger partial charge in [-0.05, 0) is 48.0 Å². The molecule has 144 valence electrons. The Morgan fingerprint density at radius 3 is 2.43 bits per heavy atom. The SMILES string of the molecule is COc1ccc(-c2cc(NC(=O)Cc3c(F)cccc3Cl)ccc2OC)cc1. The molecule has 0 spiro atoms. The fourth-order valence-corrected chi connectivity index (χ4v) is 3.08. The number of benzene rings is 3. The largest absolute Gasteiger partial charge is 0.497 e. The van der Waals surface area contributed by atoms with Gasteiger partial charge in [-0.15, -0.1) is 0 Å². The molecule has 0 saturated carbocycles. The summed E-state index contributed by atoms with van der Waals surface area (Å²) in [7, 11) is 3.19. The van der Waals surface area contributed by atoms with E-state index < -0.39 is 5.82 Å². The molecule has 0 aliphatic heterocycles. The number of hydrogen-bond acceptors (Lipinski definition) is 3. The van der Waals surface area contributed by atoms with Crippen LogP contribution in [0.25, 0.3) is 11.1 Å². The van der Waals surface area contributed by atoms with Gasteiger partial charge in [0.15, 0.2) is 0 Å². The molecular weight excluding hydrogens is 381 g/mol. The Labute approximate surface area is 167 Å². The topological polar surface area (TPSA) is 47.6 Å². The molecule has 0 aromatic heterocycles. The van der Waals surface area contributed by atoms with Gasteiger partial charge >= 0.3 is 0 Å². The summed E-state index contributed by atoms with van der Waals surface area (Å²) in [6.45, 7) is 0. The number of anilines is 1. The van der Waals surface area contributed by atoms with Gasteiger partial charge in [0.05, 0.1) is 20.6 Å². The summed E-state index contributed by atoms with van der Waals surface area (Å²) in [5, 5.41) is 3.01. The second-order valence-corrected chi connectivity index (χ2v) is 6.48. The van der Waals surface area contributed by atoms with Crippen molar-refractivity contribution < 1.29 is 18.7 Å². The molecule has 3 aromatic rings. The Kier molecular flexibility index (Phi) is 6.16. The number of hydrogen-bond donors (Lipinski definition) is 1. The molecule has 0 aliphatic rings. The van der Waals surface area contributed by atoms with Crippen molar-refractivity contribution in [1.29, 1.82) is 0 Å². The number of ether oxygens (including phenoxy) is 2. The lowest BCUT2D eigenvalue weighted by molar-refractivity contribution is -0.115. The van der Waals surface area contributed by atoms with Crippen molar-refractivity contribution in [1.82, 2.24) is 0 Å². The fourth-order valence-electron chi connectivity index (χ4n) is 2.85. The minimum absolute atomic E-state index is 0.157. The Morgan fingerprint density at radius 2 is 1.79 bits per heavy atom. The quantitative estimate of drug-likeness (QED) is 0.608. The zero-order chi connectivity index (χ0) is 20.1. The van der Waals surface area contributed by atoms with Crippen LogP contribution >= 0.6 is 11.6 Å².